The molecule has 0 radical (unpaired) electrons. The van der Waals surface area contributed by atoms with Gasteiger partial charge in [-0.05, 0) is 66.2 Å². The van der Waals surface area contributed by atoms with Gasteiger partial charge in [0.25, 0.3) is 0 Å². The predicted molar refractivity (Wildman–Crippen MR) is 86.5 cm³/mol. The Morgan fingerprint density at radius 1 is 1.17 bits per heavy atom. The van der Waals surface area contributed by atoms with Crippen molar-refractivity contribution in [2.75, 3.05) is 7.05 Å². The van der Waals surface area contributed by atoms with Crippen molar-refractivity contribution in [3.63, 3.8) is 0 Å². The first-order valence-electron chi connectivity index (χ1n) is 5.72. The molecule has 0 spiro atoms. The quantitative estimate of drug-likeness (QED) is 0.761. The van der Waals surface area contributed by atoms with E-state index in [4.69, 9.17) is 0 Å². The normalized spacial score (nSPS) is 12.7. The molecule has 0 bridgehead atoms. The minimum atomic E-state index is 0.242. The minimum absolute atomic E-state index is 0.242. The van der Waals surface area contributed by atoms with Crippen molar-refractivity contribution in [1.82, 2.24) is 5.32 Å². The van der Waals surface area contributed by atoms with E-state index in [9.17, 15) is 0 Å². The number of hydrogen-bond acceptors (Lipinski definition) is 2. The Hall–Kier alpha value is -0.160. The van der Waals surface area contributed by atoms with E-state index in [0.29, 0.717) is 0 Å². The molecule has 0 amide bonds. The van der Waals surface area contributed by atoms with Gasteiger partial charge in [0.2, 0.25) is 0 Å². The SMILES string of the molecule is CNC(c1ccc(Br)cc1C)c1sc(C)cc1Br. The van der Waals surface area contributed by atoms with Gasteiger partial charge in [-0.3, -0.25) is 0 Å². The monoisotopic (exact) mass is 387 g/mol. The summed E-state index contributed by atoms with van der Waals surface area (Å²) in [7, 11) is 2.01. The van der Waals surface area contributed by atoms with E-state index in [-0.39, 0.29) is 6.04 Å². The van der Waals surface area contributed by atoms with Gasteiger partial charge in [-0.25, -0.2) is 0 Å². The zero-order valence-corrected chi connectivity index (χ0v) is 14.5. The molecule has 18 heavy (non-hydrogen) atoms. The fourth-order valence-electron chi connectivity index (χ4n) is 2.09. The van der Waals surface area contributed by atoms with Gasteiger partial charge in [-0.15, -0.1) is 11.3 Å². The third-order valence-electron chi connectivity index (χ3n) is 2.93. The summed E-state index contributed by atoms with van der Waals surface area (Å²) in [6, 6.07) is 8.86. The van der Waals surface area contributed by atoms with Crippen molar-refractivity contribution in [2.45, 2.75) is 19.9 Å². The Kier molecular flexibility index (Phi) is 4.64. The van der Waals surface area contributed by atoms with Crippen molar-refractivity contribution in [2.24, 2.45) is 0 Å². The molecule has 1 atom stereocenters. The topological polar surface area (TPSA) is 12.0 Å². The summed E-state index contributed by atoms with van der Waals surface area (Å²) in [4.78, 5) is 2.66. The number of hydrogen-bond donors (Lipinski definition) is 1. The summed E-state index contributed by atoms with van der Waals surface area (Å²) >= 11 is 9.00. The fourth-order valence-corrected chi connectivity index (χ4v) is 4.57. The van der Waals surface area contributed by atoms with E-state index in [2.05, 4.69) is 75.3 Å². The van der Waals surface area contributed by atoms with Gasteiger partial charge in [0.1, 0.15) is 0 Å². The van der Waals surface area contributed by atoms with Crippen LogP contribution in [-0.2, 0) is 0 Å². The second-order valence-electron chi connectivity index (χ2n) is 4.29. The van der Waals surface area contributed by atoms with E-state index in [0.717, 1.165) is 4.47 Å². The van der Waals surface area contributed by atoms with Gasteiger partial charge >= 0.3 is 0 Å². The highest BCUT2D eigenvalue weighted by atomic mass is 79.9. The molecule has 1 heterocycles. The summed E-state index contributed by atoms with van der Waals surface area (Å²) in [5.74, 6) is 0. The second-order valence-corrected chi connectivity index (χ2v) is 7.35. The average Bonchev–Trinajstić information content (AvgIpc) is 2.62. The summed E-state index contributed by atoms with van der Waals surface area (Å²) in [5, 5.41) is 3.41. The number of benzene rings is 1. The molecule has 2 aromatic rings. The molecule has 1 aromatic heterocycles. The van der Waals surface area contributed by atoms with E-state index >= 15 is 0 Å². The van der Waals surface area contributed by atoms with Crippen LogP contribution in [0.25, 0.3) is 0 Å². The number of rotatable bonds is 3. The van der Waals surface area contributed by atoms with Crippen molar-refractivity contribution in [1.29, 1.82) is 0 Å². The van der Waals surface area contributed by atoms with E-state index in [1.807, 2.05) is 18.4 Å². The second kappa shape index (κ2) is 5.87. The molecule has 0 aliphatic rings. The number of nitrogens with one attached hydrogen (secondary N) is 1. The lowest BCUT2D eigenvalue weighted by Gasteiger charge is -2.18. The van der Waals surface area contributed by atoms with Crippen LogP contribution >= 0.6 is 43.2 Å². The summed E-state index contributed by atoms with van der Waals surface area (Å²) < 4.78 is 2.31. The van der Waals surface area contributed by atoms with Gasteiger partial charge in [-0.1, -0.05) is 22.0 Å². The lowest BCUT2D eigenvalue weighted by atomic mass is 10.0. The molecule has 96 valence electrons. The molecular formula is C14H15Br2NS. The Morgan fingerprint density at radius 2 is 1.89 bits per heavy atom. The number of aryl methyl sites for hydroxylation is 2. The summed E-state index contributed by atoms with van der Waals surface area (Å²) in [5.41, 5.74) is 2.62. The first-order valence-corrected chi connectivity index (χ1v) is 8.12. The van der Waals surface area contributed by atoms with Crippen LogP contribution < -0.4 is 5.32 Å². The van der Waals surface area contributed by atoms with Crippen LogP contribution in [0.5, 0.6) is 0 Å². The Balaban J connectivity index is 2.48. The highest BCUT2D eigenvalue weighted by molar-refractivity contribution is 9.10. The maximum atomic E-state index is 3.66. The average molecular weight is 389 g/mol. The Bertz CT molecular complexity index is 563. The van der Waals surface area contributed by atoms with E-state index in [1.54, 1.807) is 0 Å². The standard InChI is InChI=1S/C14H15Br2NS/c1-8-6-10(15)4-5-11(8)13(17-3)14-12(16)7-9(2)18-14/h4-7,13,17H,1-3H3. The molecule has 0 aliphatic heterocycles. The van der Waals surface area contributed by atoms with E-state index in [1.165, 1.54) is 25.4 Å². The van der Waals surface area contributed by atoms with Gasteiger partial charge in [0.15, 0.2) is 0 Å². The van der Waals surface area contributed by atoms with Crippen LogP contribution in [-0.4, -0.2) is 7.05 Å². The fraction of sp³-hybridized carbons (Fsp3) is 0.286. The third kappa shape index (κ3) is 2.87. The van der Waals surface area contributed by atoms with Gasteiger partial charge < -0.3 is 5.32 Å². The van der Waals surface area contributed by atoms with Crippen molar-refractivity contribution < 1.29 is 0 Å². The highest BCUT2D eigenvalue weighted by Crippen LogP contribution is 2.36. The van der Waals surface area contributed by atoms with Crippen molar-refractivity contribution in [3.8, 4) is 0 Å². The highest BCUT2D eigenvalue weighted by Gasteiger charge is 2.19. The third-order valence-corrected chi connectivity index (χ3v) is 5.46. The van der Waals surface area contributed by atoms with Crippen LogP contribution in [0.2, 0.25) is 0 Å². The smallest absolute Gasteiger partial charge is 0.0682 e. The molecule has 0 aliphatic carbocycles. The molecular weight excluding hydrogens is 374 g/mol. The molecule has 4 heteroatoms. The van der Waals surface area contributed by atoms with Crippen LogP contribution in [0.4, 0.5) is 0 Å². The lowest BCUT2D eigenvalue weighted by molar-refractivity contribution is 0.697. The van der Waals surface area contributed by atoms with E-state index < -0.39 is 0 Å². The maximum absolute atomic E-state index is 3.66. The van der Waals surface area contributed by atoms with Crippen LogP contribution in [0, 0.1) is 13.8 Å². The molecule has 0 fully saturated rings. The molecule has 2 rings (SSSR count). The van der Waals surface area contributed by atoms with Crippen molar-refractivity contribution in [3.05, 3.63) is 54.1 Å². The zero-order valence-electron chi connectivity index (χ0n) is 10.6. The summed E-state index contributed by atoms with van der Waals surface area (Å²) in [6.45, 7) is 4.29. The van der Waals surface area contributed by atoms with Crippen LogP contribution in [0.3, 0.4) is 0 Å². The molecule has 0 saturated carbocycles. The zero-order chi connectivity index (χ0) is 13.3. The summed E-state index contributed by atoms with van der Waals surface area (Å²) in [6.07, 6.45) is 0. The van der Waals surface area contributed by atoms with Crippen LogP contribution in [0.1, 0.15) is 26.9 Å². The molecule has 1 unspecified atom stereocenters. The Labute approximate surface area is 129 Å². The van der Waals surface area contributed by atoms with Gasteiger partial charge in [0, 0.05) is 18.7 Å². The predicted octanol–water partition coefficient (Wildman–Crippen LogP) is 5.20. The number of thiophene rings is 1. The van der Waals surface area contributed by atoms with Gasteiger partial charge in [-0.2, -0.15) is 0 Å². The minimum Gasteiger partial charge on any atom is -0.309 e. The first kappa shape index (κ1) is 14.3. The maximum Gasteiger partial charge on any atom is 0.0682 e. The molecule has 0 saturated heterocycles. The van der Waals surface area contributed by atoms with Crippen LogP contribution in [0.15, 0.2) is 33.2 Å². The Morgan fingerprint density at radius 3 is 2.39 bits per heavy atom. The van der Waals surface area contributed by atoms with Gasteiger partial charge in [0.05, 0.1) is 6.04 Å². The lowest BCUT2D eigenvalue weighted by Crippen LogP contribution is -2.17. The molecule has 1 aromatic carbocycles. The molecule has 1 nitrogen and oxygen atoms in total. The van der Waals surface area contributed by atoms with Crippen molar-refractivity contribution >= 4 is 43.2 Å². The first-order chi connectivity index (χ1) is 8.52. The molecule has 1 N–H and O–H groups in total. The largest absolute Gasteiger partial charge is 0.309 e. The number of halogens is 2.